The van der Waals surface area contributed by atoms with Crippen molar-refractivity contribution in [2.45, 2.75) is 27.7 Å². The number of carbonyl (C=O) groups excluding carboxylic acids is 1. The second kappa shape index (κ2) is 6.12. The Kier molecular flexibility index (Phi) is 5.19. The van der Waals surface area contributed by atoms with Crippen LogP contribution in [-0.2, 0) is 9.59 Å². The highest BCUT2D eigenvalue weighted by Gasteiger charge is 2.66. The first-order valence-electron chi connectivity index (χ1n) is 7.25. The van der Waals surface area contributed by atoms with Crippen molar-refractivity contribution in [3.63, 3.8) is 0 Å². The zero-order valence-corrected chi connectivity index (χ0v) is 13.5. The summed E-state index contributed by atoms with van der Waals surface area (Å²) in [5.74, 6) is -1.39. The standard InChI is InChI=1S/C15H28N2O3/c1-10(2)9-17(8-7-16(5)6)13(18)11-12(14(19)20)15(11,3)4/h10-12H,7-9H2,1-6H3,(H,19,20). The third kappa shape index (κ3) is 3.72. The molecule has 0 spiro atoms. The summed E-state index contributed by atoms with van der Waals surface area (Å²) < 4.78 is 0. The smallest absolute Gasteiger partial charge is 0.307 e. The van der Waals surface area contributed by atoms with E-state index >= 15 is 0 Å². The van der Waals surface area contributed by atoms with Crippen LogP contribution in [0.15, 0.2) is 0 Å². The summed E-state index contributed by atoms with van der Waals surface area (Å²) in [5, 5.41) is 9.21. The third-order valence-electron chi connectivity index (χ3n) is 4.07. The molecule has 2 unspecified atom stereocenters. The monoisotopic (exact) mass is 284 g/mol. The molecule has 1 saturated carbocycles. The van der Waals surface area contributed by atoms with Crippen LogP contribution in [0.25, 0.3) is 0 Å². The normalized spacial score (nSPS) is 24.0. The summed E-state index contributed by atoms with van der Waals surface area (Å²) in [7, 11) is 3.94. The number of rotatable bonds is 7. The summed E-state index contributed by atoms with van der Waals surface area (Å²) in [6, 6.07) is 0. The molecule has 1 amide bonds. The van der Waals surface area contributed by atoms with Gasteiger partial charge < -0.3 is 14.9 Å². The highest BCUT2D eigenvalue weighted by molar-refractivity contribution is 5.91. The molecule has 0 aromatic heterocycles. The molecular formula is C15H28N2O3. The maximum atomic E-state index is 12.6. The molecule has 2 atom stereocenters. The molecule has 0 bridgehead atoms. The van der Waals surface area contributed by atoms with Crippen LogP contribution in [0, 0.1) is 23.2 Å². The van der Waals surface area contributed by atoms with Gasteiger partial charge in [-0.2, -0.15) is 0 Å². The number of likely N-dealkylation sites (N-methyl/N-ethyl adjacent to an activating group) is 1. The molecule has 1 rings (SSSR count). The van der Waals surface area contributed by atoms with Gasteiger partial charge in [0.05, 0.1) is 11.8 Å². The minimum Gasteiger partial charge on any atom is -0.481 e. The highest BCUT2D eigenvalue weighted by atomic mass is 16.4. The van der Waals surface area contributed by atoms with Gasteiger partial charge in [-0.15, -0.1) is 0 Å². The van der Waals surface area contributed by atoms with Gasteiger partial charge in [0.15, 0.2) is 0 Å². The lowest BCUT2D eigenvalue weighted by atomic mass is 10.1. The Labute approximate surface area is 121 Å². The molecule has 5 heteroatoms. The summed E-state index contributed by atoms with van der Waals surface area (Å²) in [4.78, 5) is 27.7. The molecule has 1 N–H and O–H groups in total. The van der Waals surface area contributed by atoms with Gasteiger partial charge in [-0.25, -0.2) is 0 Å². The van der Waals surface area contributed by atoms with E-state index < -0.39 is 17.3 Å². The molecule has 1 aliphatic carbocycles. The van der Waals surface area contributed by atoms with Gasteiger partial charge in [0.1, 0.15) is 0 Å². The van der Waals surface area contributed by atoms with Crippen LogP contribution >= 0.6 is 0 Å². The first-order chi connectivity index (χ1) is 9.09. The van der Waals surface area contributed by atoms with Crippen molar-refractivity contribution in [2.24, 2.45) is 23.2 Å². The van der Waals surface area contributed by atoms with Crippen molar-refractivity contribution in [3.8, 4) is 0 Å². The van der Waals surface area contributed by atoms with Crippen LogP contribution in [0.1, 0.15) is 27.7 Å². The van der Waals surface area contributed by atoms with E-state index in [1.165, 1.54) is 0 Å². The van der Waals surface area contributed by atoms with Crippen molar-refractivity contribution in [1.82, 2.24) is 9.80 Å². The Hall–Kier alpha value is -1.10. The Balaban J connectivity index is 2.76. The fraction of sp³-hybridized carbons (Fsp3) is 0.867. The van der Waals surface area contributed by atoms with E-state index in [9.17, 15) is 14.7 Å². The molecule has 1 aliphatic rings. The average Bonchev–Trinajstić information content (AvgIpc) is 2.86. The number of carbonyl (C=O) groups is 2. The summed E-state index contributed by atoms with van der Waals surface area (Å²) in [5.41, 5.74) is -0.420. The Bertz CT molecular complexity index is 377. The van der Waals surface area contributed by atoms with E-state index in [4.69, 9.17) is 0 Å². The number of nitrogens with zero attached hydrogens (tertiary/aromatic N) is 2. The van der Waals surface area contributed by atoms with Crippen LogP contribution in [0.5, 0.6) is 0 Å². The van der Waals surface area contributed by atoms with Gasteiger partial charge >= 0.3 is 5.97 Å². The first-order valence-corrected chi connectivity index (χ1v) is 7.25. The zero-order valence-electron chi connectivity index (χ0n) is 13.5. The van der Waals surface area contributed by atoms with E-state index in [2.05, 4.69) is 13.8 Å². The van der Waals surface area contributed by atoms with Gasteiger partial charge in [0.25, 0.3) is 0 Å². The summed E-state index contributed by atoms with van der Waals surface area (Å²) in [6.45, 7) is 10.0. The second-order valence-corrected chi connectivity index (χ2v) is 7.10. The maximum Gasteiger partial charge on any atom is 0.307 e. The molecule has 0 saturated heterocycles. The predicted octanol–water partition coefficient (Wildman–Crippen LogP) is 1.39. The van der Waals surface area contributed by atoms with Gasteiger partial charge in [0, 0.05) is 19.6 Å². The Morgan fingerprint density at radius 3 is 2.05 bits per heavy atom. The van der Waals surface area contributed by atoms with E-state index in [-0.39, 0.29) is 11.8 Å². The highest BCUT2D eigenvalue weighted by Crippen LogP contribution is 2.59. The lowest BCUT2D eigenvalue weighted by molar-refractivity contribution is -0.142. The lowest BCUT2D eigenvalue weighted by Gasteiger charge is -2.26. The fourth-order valence-corrected chi connectivity index (χ4v) is 2.81. The number of amides is 1. The first kappa shape index (κ1) is 17.0. The van der Waals surface area contributed by atoms with Crippen LogP contribution < -0.4 is 0 Å². The van der Waals surface area contributed by atoms with Crippen molar-refractivity contribution < 1.29 is 14.7 Å². The van der Waals surface area contributed by atoms with Gasteiger partial charge in [-0.3, -0.25) is 9.59 Å². The maximum absolute atomic E-state index is 12.6. The quantitative estimate of drug-likeness (QED) is 0.767. The molecule has 116 valence electrons. The number of hydrogen-bond donors (Lipinski definition) is 1. The molecule has 0 heterocycles. The molecular weight excluding hydrogens is 256 g/mol. The van der Waals surface area contributed by atoms with E-state index in [0.717, 1.165) is 6.54 Å². The minimum atomic E-state index is -0.856. The molecule has 0 aromatic carbocycles. The molecule has 0 aliphatic heterocycles. The zero-order chi connectivity index (χ0) is 15.7. The van der Waals surface area contributed by atoms with Crippen molar-refractivity contribution in [1.29, 1.82) is 0 Å². The molecule has 1 fully saturated rings. The van der Waals surface area contributed by atoms with E-state index in [1.807, 2.05) is 37.7 Å². The number of carboxylic acids is 1. The summed E-state index contributed by atoms with van der Waals surface area (Å²) in [6.07, 6.45) is 0. The summed E-state index contributed by atoms with van der Waals surface area (Å²) >= 11 is 0. The van der Waals surface area contributed by atoms with Crippen molar-refractivity contribution in [2.75, 3.05) is 33.7 Å². The van der Waals surface area contributed by atoms with Gasteiger partial charge in [-0.1, -0.05) is 27.7 Å². The van der Waals surface area contributed by atoms with Crippen LogP contribution in [-0.4, -0.2) is 60.5 Å². The molecule has 20 heavy (non-hydrogen) atoms. The van der Waals surface area contributed by atoms with Gasteiger partial charge in [0.2, 0.25) is 5.91 Å². The third-order valence-corrected chi connectivity index (χ3v) is 4.07. The Morgan fingerprint density at radius 2 is 1.70 bits per heavy atom. The van der Waals surface area contributed by atoms with E-state index in [0.29, 0.717) is 19.0 Å². The fourth-order valence-electron chi connectivity index (χ4n) is 2.81. The van der Waals surface area contributed by atoms with Crippen molar-refractivity contribution in [3.05, 3.63) is 0 Å². The minimum absolute atomic E-state index is 0.00190. The number of carboxylic acid groups (broad SMARTS) is 1. The van der Waals surface area contributed by atoms with Gasteiger partial charge in [-0.05, 0) is 25.4 Å². The topological polar surface area (TPSA) is 60.9 Å². The van der Waals surface area contributed by atoms with Crippen LogP contribution in [0.2, 0.25) is 0 Å². The average molecular weight is 284 g/mol. The Morgan fingerprint density at radius 1 is 1.15 bits per heavy atom. The SMILES string of the molecule is CC(C)CN(CCN(C)C)C(=O)C1C(C(=O)O)C1(C)C. The van der Waals surface area contributed by atoms with Crippen LogP contribution in [0.3, 0.4) is 0 Å². The van der Waals surface area contributed by atoms with Crippen LogP contribution in [0.4, 0.5) is 0 Å². The lowest BCUT2D eigenvalue weighted by Crippen LogP contribution is -2.40. The molecule has 0 radical (unpaired) electrons. The molecule has 0 aromatic rings. The number of hydrogen-bond acceptors (Lipinski definition) is 3. The number of aliphatic carboxylic acids is 1. The van der Waals surface area contributed by atoms with Crippen molar-refractivity contribution >= 4 is 11.9 Å². The van der Waals surface area contributed by atoms with E-state index in [1.54, 1.807) is 0 Å². The second-order valence-electron chi connectivity index (χ2n) is 7.10. The predicted molar refractivity (Wildman–Crippen MR) is 78.4 cm³/mol. The largest absolute Gasteiger partial charge is 0.481 e. The molecule has 5 nitrogen and oxygen atoms in total.